The average molecular weight is 317 g/mol. The second kappa shape index (κ2) is 3.89. The quantitative estimate of drug-likeness (QED) is 0.736. The Kier molecular flexibility index (Phi) is 2.60. The molecule has 2 bridgehead atoms. The van der Waals surface area contributed by atoms with E-state index in [0.717, 1.165) is 23.0 Å². The highest BCUT2D eigenvalue weighted by Gasteiger charge is 2.35. The molecule has 0 radical (unpaired) electrons. The van der Waals surface area contributed by atoms with Crippen LogP contribution in [0.2, 0.25) is 5.02 Å². The van der Waals surface area contributed by atoms with Crippen LogP contribution in [0.4, 0.5) is 0 Å². The van der Waals surface area contributed by atoms with Crippen molar-refractivity contribution >= 4 is 33.4 Å². The first-order valence-corrected chi connectivity index (χ1v) is 6.69. The summed E-state index contributed by atoms with van der Waals surface area (Å²) in [5.41, 5.74) is 1.47. The second-order valence-corrected chi connectivity index (χ2v) is 5.69. The number of hydrogen-bond donors (Lipinski definition) is 0. The Morgan fingerprint density at radius 3 is 3.12 bits per heavy atom. The molecule has 1 aromatic rings. The molecule has 2 aliphatic rings. The number of nitrogens with zero attached hydrogens (tertiary/aromatic N) is 1. The Bertz CT molecular complexity index is 518. The van der Waals surface area contributed by atoms with Crippen LogP contribution in [0.25, 0.3) is 0 Å². The molecular weight excluding hydrogens is 305 g/mol. The van der Waals surface area contributed by atoms with Crippen LogP contribution in [-0.4, -0.2) is 30.0 Å². The molecule has 5 heteroatoms. The molecule has 2 aliphatic heterocycles. The Labute approximate surface area is 113 Å². The lowest BCUT2D eigenvalue weighted by Gasteiger charge is -2.18. The number of amides is 1. The maximum absolute atomic E-state index is 12.3. The lowest BCUT2D eigenvalue weighted by Crippen LogP contribution is -2.27. The Hall–Kier alpha value is -0.740. The number of fused-ring (bicyclic) bond motifs is 3. The van der Waals surface area contributed by atoms with Gasteiger partial charge in [-0.1, -0.05) is 27.5 Å². The summed E-state index contributed by atoms with van der Waals surface area (Å²) in [6.07, 6.45) is 0.967. The van der Waals surface area contributed by atoms with Gasteiger partial charge in [0.1, 0.15) is 6.10 Å². The first kappa shape index (κ1) is 11.4. The standard InChI is InChI=1S/C12H11BrClNO2/c1-6-9(13)4-8-11(10(6)14)17-7-2-3-15(5-7)12(8)16/h4,7H,2-3,5H2,1H3. The van der Waals surface area contributed by atoms with Crippen LogP contribution >= 0.6 is 27.5 Å². The van der Waals surface area contributed by atoms with Crippen LogP contribution in [-0.2, 0) is 0 Å². The molecule has 1 aromatic carbocycles. The van der Waals surface area contributed by atoms with E-state index in [1.165, 1.54) is 0 Å². The first-order chi connectivity index (χ1) is 8.08. The minimum atomic E-state index is 0.0163. The number of carbonyl (C=O) groups excluding carboxylic acids is 1. The normalized spacial score (nSPS) is 22.2. The average Bonchev–Trinajstić information content (AvgIpc) is 2.72. The van der Waals surface area contributed by atoms with Gasteiger partial charge in [0.2, 0.25) is 0 Å². The van der Waals surface area contributed by atoms with Gasteiger partial charge in [-0.25, -0.2) is 0 Å². The molecule has 1 amide bonds. The maximum atomic E-state index is 12.3. The van der Waals surface area contributed by atoms with E-state index in [1.54, 1.807) is 6.07 Å². The van der Waals surface area contributed by atoms with Crippen molar-refractivity contribution in [3.8, 4) is 5.75 Å². The van der Waals surface area contributed by atoms with Crippen molar-refractivity contribution in [1.29, 1.82) is 0 Å². The Morgan fingerprint density at radius 1 is 1.59 bits per heavy atom. The predicted octanol–water partition coefficient (Wildman–Crippen LogP) is 3.02. The second-order valence-electron chi connectivity index (χ2n) is 4.45. The highest BCUT2D eigenvalue weighted by atomic mass is 79.9. The molecule has 1 saturated heterocycles. The molecule has 1 atom stereocenters. The highest BCUT2D eigenvalue weighted by Crippen LogP contribution is 2.40. The molecule has 2 heterocycles. The minimum absolute atomic E-state index is 0.0163. The SMILES string of the molecule is Cc1c(Br)cc2c(c1Cl)OC1CCN(C1)C2=O. The fourth-order valence-corrected chi connectivity index (χ4v) is 3.10. The van der Waals surface area contributed by atoms with Crippen molar-refractivity contribution in [3.63, 3.8) is 0 Å². The molecule has 1 fully saturated rings. The van der Waals surface area contributed by atoms with E-state index in [9.17, 15) is 4.79 Å². The number of carbonyl (C=O) groups is 1. The lowest BCUT2D eigenvalue weighted by atomic mass is 10.1. The lowest BCUT2D eigenvalue weighted by molar-refractivity contribution is 0.0792. The minimum Gasteiger partial charge on any atom is -0.486 e. The molecule has 3 nitrogen and oxygen atoms in total. The van der Waals surface area contributed by atoms with Crippen molar-refractivity contribution in [3.05, 3.63) is 26.7 Å². The topological polar surface area (TPSA) is 29.5 Å². The van der Waals surface area contributed by atoms with E-state index in [2.05, 4.69) is 15.9 Å². The molecule has 1 unspecified atom stereocenters. The highest BCUT2D eigenvalue weighted by molar-refractivity contribution is 9.10. The van der Waals surface area contributed by atoms with Crippen molar-refractivity contribution in [2.45, 2.75) is 19.4 Å². The van der Waals surface area contributed by atoms with Gasteiger partial charge in [-0.05, 0) is 18.6 Å². The van der Waals surface area contributed by atoms with Gasteiger partial charge in [0, 0.05) is 17.4 Å². The van der Waals surface area contributed by atoms with Crippen LogP contribution < -0.4 is 4.74 Å². The molecule has 0 spiro atoms. The number of rotatable bonds is 0. The van der Waals surface area contributed by atoms with Crippen molar-refractivity contribution < 1.29 is 9.53 Å². The number of halogens is 2. The molecule has 90 valence electrons. The Balaban J connectivity index is 2.22. The summed E-state index contributed by atoms with van der Waals surface area (Å²) < 4.78 is 6.71. The summed E-state index contributed by atoms with van der Waals surface area (Å²) in [5, 5.41) is 0.538. The molecule has 3 rings (SSSR count). The van der Waals surface area contributed by atoms with Gasteiger partial charge < -0.3 is 9.64 Å². The first-order valence-electron chi connectivity index (χ1n) is 5.52. The van der Waals surface area contributed by atoms with E-state index < -0.39 is 0 Å². The fourth-order valence-electron chi connectivity index (χ4n) is 2.31. The van der Waals surface area contributed by atoms with Crippen LogP contribution in [0.3, 0.4) is 0 Å². The molecule has 0 N–H and O–H groups in total. The molecule has 0 aromatic heterocycles. The number of hydrogen-bond acceptors (Lipinski definition) is 2. The van der Waals surface area contributed by atoms with Crippen molar-refractivity contribution in [2.24, 2.45) is 0 Å². The largest absolute Gasteiger partial charge is 0.486 e. The zero-order valence-corrected chi connectivity index (χ0v) is 11.6. The summed E-state index contributed by atoms with van der Waals surface area (Å²) in [6.45, 7) is 3.34. The van der Waals surface area contributed by atoms with E-state index >= 15 is 0 Å². The third-order valence-corrected chi connectivity index (χ3v) is 4.63. The maximum Gasteiger partial charge on any atom is 0.257 e. The van der Waals surface area contributed by atoms with Gasteiger partial charge in [-0.2, -0.15) is 0 Å². The van der Waals surface area contributed by atoms with E-state index in [0.29, 0.717) is 22.9 Å². The number of ether oxygens (including phenoxy) is 1. The van der Waals surface area contributed by atoms with E-state index in [-0.39, 0.29) is 12.0 Å². The number of benzene rings is 1. The summed E-state index contributed by atoms with van der Waals surface area (Å²) in [7, 11) is 0. The smallest absolute Gasteiger partial charge is 0.257 e. The Morgan fingerprint density at radius 2 is 2.35 bits per heavy atom. The van der Waals surface area contributed by atoms with Gasteiger partial charge in [-0.3, -0.25) is 4.79 Å². The molecule has 0 saturated carbocycles. The summed E-state index contributed by atoms with van der Waals surface area (Å²) >= 11 is 9.69. The predicted molar refractivity (Wildman–Crippen MR) is 68.8 cm³/mol. The summed E-state index contributed by atoms with van der Waals surface area (Å²) in [5.74, 6) is 0.562. The van der Waals surface area contributed by atoms with E-state index in [1.807, 2.05) is 11.8 Å². The van der Waals surface area contributed by atoms with Gasteiger partial charge in [0.15, 0.2) is 5.75 Å². The zero-order chi connectivity index (χ0) is 12.2. The summed E-state index contributed by atoms with van der Waals surface area (Å²) in [6, 6.07) is 1.81. The molecule has 0 aliphatic carbocycles. The van der Waals surface area contributed by atoms with E-state index in [4.69, 9.17) is 16.3 Å². The van der Waals surface area contributed by atoms with Crippen molar-refractivity contribution in [2.75, 3.05) is 13.1 Å². The van der Waals surface area contributed by atoms with Crippen molar-refractivity contribution in [1.82, 2.24) is 4.90 Å². The van der Waals surface area contributed by atoms with Crippen LogP contribution in [0.5, 0.6) is 5.75 Å². The monoisotopic (exact) mass is 315 g/mol. The van der Waals surface area contributed by atoms with Crippen LogP contribution in [0, 0.1) is 6.92 Å². The van der Waals surface area contributed by atoms with Gasteiger partial charge in [0.25, 0.3) is 5.91 Å². The van der Waals surface area contributed by atoms with Crippen LogP contribution in [0.15, 0.2) is 10.5 Å². The fraction of sp³-hybridized carbons (Fsp3) is 0.417. The van der Waals surface area contributed by atoms with Gasteiger partial charge in [0.05, 0.1) is 17.1 Å². The third kappa shape index (κ3) is 1.66. The zero-order valence-electron chi connectivity index (χ0n) is 9.30. The molecule has 17 heavy (non-hydrogen) atoms. The third-order valence-electron chi connectivity index (χ3n) is 3.35. The van der Waals surface area contributed by atoms with Crippen LogP contribution in [0.1, 0.15) is 22.3 Å². The van der Waals surface area contributed by atoms with Gasteiger partial charge in [-0.15, -0.1) is 0 Å². The molecular formula is C12H11BrClNO2. The summed E-state index contributed by atoms with van der Waals surface area (Å²) in [4.78, 5) is 14.1. The van der Waals surface area contributed by atoms with Gasteiger partial charge >= 0.3 is 0 Å².